The van der Waals surface area contributed by atoms with E-state index in [1.54, 1.807) is 30.8 Å². The van der Waals surface area contributed by atoms with Crippen LogP contribution < -0.4 is 14.4 Å². The minimum Gasteiger partial charge on any atom is -0.493 e. The van der Waals surface area contributed by atoms with Crippen molar-refractivity contribution in [3.8, 4) is 11.5 Å². The lowest BCUT2D eigenvalue weighted by Gasteiger charge is -2.35. The number of hydrogen-bond donors (Lipinski definition) is 0. The van der Waals surface area contributed by atoms with Gasteiger partial charge in [0.05, 0.1) is 24.6 Å². The van der Waals surface area contributed by atoms with Crippen molar-refractivity contribution in [1.82, 2.24) is 10.2 Å². The number of anilines is 1. The number of hydrogen-bond acceptors (Lipinski definition) is 8. The highest BCUT2D eigenvalue weighted by Gasteiger charge is 2.53. The van der Waals surface area contributed by atoms with E-state index in [-0.39, 0.29) is 29.5 Å². The molecule has 166 valence electrons. The molecule has 3 atom stereocenters. The first-order chi connectivity index (χ1) is 15.6. The topological polar surface area (TPSA) is 90.9 Å². The fraction of sp³-hybridized carbons (Fsp3) is 0.391. The number of carbonyl (C=O) groups is 2. The van der Waals surface area contributed by atoms with Crippen LogP contribution >= 0.6 is 11.3 Å². The highest BCUT2D eigenvalue weighted by Crippen LogP contribution is 2.49. The molecule has 0 spiro atoms. The maximum atomic E-state index is 13.6. The average molecular weight is 454 g/mol. The second-order valence-corrected chi connectivity index (χ2v) is 8.77. The molecule has 3 unspecified atom stereocenters. The number of fused-ring (bicyclic) bond motifs is 1. The number of amides is 1. The van der Waals surface area contributed by atoms with Crippen LogP contribution in [0.2, 0.25) is 0 Å². The van der Waals surface area contributed by atoms with Gasteiger partial charge in [-0.3, -0.25) is 14.5 Å². The molecular formula is C23H23N3O5S. The van der Waals surface area contributed by atoms with Gasteiger partial charge < -0.3 is 14.2 Å². The van der Waals surface area contributed by atoms with Crippen molar-refractivity contribution in [1.29, 1.82) is 0 Å². The molecule has 1 aromatic carbocycles. The van der Waals surface area contributed by atoms with Crippen LogP contribution in [0.3, 0.4) is 0 Å². The second-order valence-electron chi connectivity index (χ2n) is 7.96. The molecule has 0 N–H and O–H groups in total. The van der Waals surface area contributed by atoms with Crippen molar-refractivity contribution in [3.05, 3.63) is 53.3 Å². The molecule has 9 heteroatoms. The van der Waals surface area contributed by atoms with Crippen LogP contribution in [0.4, 0.5) is 5.13 Å². The Morgan fingerprint density at radius 2 is 2.12 bits per heavy atom. The van der Waals surface area contributed by atoms with E-state index in [0.717, 1.165) is 25.7 Å². The molecule has 0 saturated heterocycles. The summed E-state index contributed by atoms with van der Waals surface area (Å²) in [5.41, 5.74) is 2.68. The van der Waals surface area contributed by atoms with Crippen molar-refractivity contribution in [2.24, 2.45) is 5.92 Å². The Morgan fingerprint density at radius 1 is 1.28 bits per heavy atom. The minimum atomic E-state index is -0.664. The Hall–Kier alpha value is -3.20. The molecule has 1 amide bonds. The van der Waals surface area contributed by atoms with Gasteiger partial charge in [-0.15, -0.1) is 10.2 Å². The maximum absolute atomic E-state index is 13.6. The summed E-state index contributed by atoms with van der Waals surface area (Å²) in [5, 5.41) is 8.42. The van der Waals surface area contributed by atoms with E-state index in [1.807, 2.05) is 6.07 Å². The van der Waals surface area contributed by atoms with E-state index >= 15 is 0 Å². The van der Waals surface area contributed by atoms with Gasteiger partial charge in [-0.1, -0.05) is 36.5 Å². The van der Waals surface area contributed by atoms with Crippen molar-refractivity contribution in [2.75, 3.05) is 18.6 Å². The Labute approximate surface area is 189 Å². The standard InChI is InChI=1S/C23H23N3O5S/c1-3-10-30-16-9-8-13(11-17(16)29-2)19-18-20(27)14-6-4-5-7-15(14)31-21(18)22(28)26(19)23-25-24-12-32-23/h3,8-9,11-12,14-15,19H,1,4-7,10H2,2H3. The first kappa shape index (κ1) is 20.7. The fourth-order valence-corrected chi connectivity index (χ4v) is 5.34. The Morgan fingerprint density at radius 3 is 2.88 bits per heavy atom. The molecule has 3 heterocycles. The third-order valence-corrected chi connectivity index (χ3v) is 6.87. The molecular weight excluding hydrogens is 430 g/mol. The third kappa shape index (κ3) is 3.28. The van der Waals surface area contributed by atoms with Crippen LogP contribution in [0.5, 0.6) is 11.5 Å². The lowest BCUT2D eigenvalue weighted by atomic mass is 9.77. The SMILES string of the molecule is C=CCOc1ccc(C2C3=C(OC4CCCCC4C3=O)C(=O)N2c2nncs2)cc1OC. The third-order valence-electron chi connectivity index (χ3n) is 6.18. The zero-order valence-corrected chi connectivity index (χ0v) is 18.5. The van der Waals surface area contributed by atoms with Crippen LogP contribution in [0.1, 0.15) is 37.3 Å². The number of nitrogens with zero attached hydrogens (tertiary/aromatic N) is 3. The smallest absolute Gasteiger partial charge is 0.296 e. The largest absolute Gasteiger partial charge is 0.493 e. The molecule has 0 bridgehead atoms. The highest BCUT2D eigenvalue weighted by molar-refractivity contribution is 7.13. The van der Waals surface area contributed by atoms with Crippen LogP contribution in [-0.2, 0) is 14.3 Å². The van der Waals surface area contributed by atoms with E-state index in [9.17, 15) is 9.59 Å². The number of rotatable bonds is 6. The molecule has 1 fully saturated rings. The van der Waals surface area contributed by atoms with E-state index in [4.69, 9.17) is 14.2 Å². The molecule has 8 nitrogen and oxygen atoms in total. The molecule has 1 aliphatic carbocycles. The summed E-state index contributed by atoms with van der Waals surface area (Å²) in [4.78, 5) is 28.6. The van der Waals surface area contributed by atoms with Gasteiger partial charge in [-0.25, -0.2) is 0 Å². The number of carbonyl (C=O) groups excluding carboxylic acids is 2. The zero-order valence-electron chi connectivity index (χ0n) is 17.7. The van der Waals surface area contributed by atoms with Crippen molar-refractivity contribution in [2.45, 2.75) is 37.8 Å². The molecule has 0 radical (unpaired) electrons. The Balaban J connectivity index is 1.62. The van der Waals surface area contributed by atoms with Crippen LogP contribution in [0.25, 0.3) is 0 Å². The van der Waals surface area contributed by atoms with Gasteiger partial charge in [-0.05, 0) is 37.0 Å². The number of ether oxygens (including phenoxy) is 3. The lowest BCUT2D eigenvalue weighted by molar-refractivity contribution is -0.131. The number of ketones is 1. The van der Waals surface area contributed by atoms with E-state index in [2.05, 4.69) is 16.8 Å². The molecule has 5 rings (SSSR count). The maximum Gasteiger partial charge on any atom is 0.296 e. The summed E-state index contributed by atoms with van der Waals surface area (Å²) in [6.07, 6.45) is 4.96. The van der Waals surface area contributed by atoms with Crippen molar-refractivity contribution >= 4 is 28.2 Å². The van der Waals surface area contributed by atoms with Gasteiger partial charge in [0.1, 0.15) is 18.2 Å². The summed E-state index contributed by atoms with van der Waals surface area (Å²) in [6.45, 7) is 4.00. The first-order valence-corrected chi connectivity index (χ1v) is 11.5. The summed E-state index contributed by atoms with van der Waals surface area (Å²) < 4.78 is 17.4. The second kappa shape index (κ2) is 8.38. The van der Waals surface area contributed by atoms with Crippen LogP contribution in [0, 0.1) is 5.92 Å². The van der Waals surface area contributed by atoms with Crippen molar-refractivity contribution in [3.63, 3.8) is 0 Å². The average Bonchev–Trinajstić information content (AvgIpc) is 3.44. The fourth-order valence-electron chi connectivity index (χ4n) is 4.75. The predicted molar refractivity (Wildman–Crippen MR) is 118 cm³/mol. The summed E-state index contributed by atoms with van der Waals surface area (Å²) in [5.74, 6) is 0.615. The van der Waals surface area contributed by atoms with E-state index < -0.39 is 6.04 Å². The molecule has 1 aromatic heterocycles. The molecule has 32 heavy (non-hydrogen) atoms. The van der Waals surface area contributed by atoms with Gasteiger partial charge in [0.15, 0.2) is 23.0 Å². The van der Waals surface area contributed by atoms with Gasteiger partial charge in [0.2, 0.25) is 5.13 Å². The monoisotopic (exact) mass is 453 g/mol. The summed E-state index contributed by atoms with van der Waals surface area (Å²) in [6, 6.07) is 4.74. The van der Waals surface area contributed by atoms with Gasteiger partial charge in [0.25, 0.3) is 5.91 Å². The quantitative estimate of drug-likeness (QED) is 0.617. The normalized spacial score (nSPS) is 24.7. The molecule has 2 aliphatic heterocycles. The predicted octanol–water partition coefficient (Wildman–Crippen LogP) is 3.61. The lowest BCUT2D eigenvalue weighted by Crippen LogP contribution is -2.39. The minimum absolute atomic E-state index is 0.00716. The number of benzene rings is 1. The summed E-state index contributed by atoms with van der Waals surface area (Å²) in [7, 11) is 1.55. The summed E-state index contributed by atoms with van der Waals surface area (Å²) >= 11 is 1.24. The van der Waals surface area contributed by atoms with Gasteiger partial charge >= 0.3 is 0 Å². The molecule has 3 aliphatic rings. The molecule has 1 saturated carbocycles. The van der Waals surface area contributed by atoms with Crippen molar-refractivity contribution < 1.29 is 23.8 Å². The Bertz CT molecular complexity index is 1100. The number of methoxy groups -OCH3 is 1. The van der Waals surface area contributed by atoms with E-state index in [1.165, 1.54) is 16.2 Å². The van der Waals surface area contributed by atoms with Crippen LogP contribution in [-0.4, -0.2) is 41.7 Å². The highest BCUT2D eigenvalue weighted by atomic mass is 32.1. The van der Waals surface area contributed by atoms with Gasteiger partial charge in [-0.2, -0.15) is 0 Å². The van der Waals surface area contributed by atoms with Gasteiger partial charge in [0, 0.05) is 0 Å². The first-order valence-electron chi connectivity index (χ1n) is 10.6. The number of Topliss-reactive ketones (excluding diaryl/α,β-unsaturated/α-hetero) is 1. The Kier molecular flexibility index (Phi) is 5.42. The zero-order chi connectivity index (χ0) is 22.2. The number of aromatic nitrogens is 2. The van der Waals surface area contributed by atoms with Crippen LogP contribution in [0.15, 0.2) is 47.7 Å². The van der Waals surface area contributed by atoms with E-state index in [0.29, 0.717) is 34.4 Å². The molecule has 2 aromatic rings.